The van der Waals surface area contributed by atoms with Gasteiger partial charge in [0.2, 0.25) is 0 Å². The predicted molar refractivity (Wildman–Crippen MR) is 115 cm³/mol. The van der Waals surface area contributed by atoms with Crippen molar-refractivity contribution in [2.24, 2.45) is 0 Å². The van der Waals surface area contributed by atoms with Crippen molar-refractivity contribution < 1.29 is 17.6 Å². The van der Waals surface area contributed by atoms with Gasteiger partial charge in [-0.15, -0.1) is 4.83 Å². The molecule has 0 bridgehead atoms. The Labute approximate surface area is 183 Å². The molecular formula is C20H20ClFN4O4S. The number of hydrazine groups is 1. The smallest absolute Gasteiger partial charge is 0.272 e. The molecule has 8 nitrogen and oxygen atoms in total. The molecule has 31 heavy (non-hydrogen) atoms. The van der Waals surface area contributed by atoms with Crippen molar-refractivity contribution in [3.63, 3.8) is 0 Å². The summed E-state index contributed by atoms with van der Waals surface area (Å²) in [4.78, 5) is 27.0. The van der Waals surface area contributed by atoms with Crippen molar-refractivity contribution in [2.45, 2.75) is 37.6 Å². The molecule has 0 fully saturated rings. The third-order valence-electron chi connectivity index (χ3n) is 4.56. The summed E-state index contributed by atoms with van der Waals surface area (Å²) in [5.41, 5.74) is 1.65. The van der Waals surface area contributed by atoms with E-state index in [0.29, 0.717) is 23.7 Å². The van der Waals surface area contributed by atoms with Gasteiger partial charge in [0, 0.05) is 11.9 Å². The SMILES string of the molecule is CCCCCn1nc(C(=O)NNS(=O)(=O)c2ccc(F)c(Cl)c2)c2ccccc2c1=O. The molecule has 0 saturated carbocycles. The largest absolute Gasteiger partial charge is 0.287 e. The van der Waals surface area contributed by atoms with Crippen LogP contribution in [0.4, 0.5) is 4.39 Å². The van der Waals surface area contributed by atoms with Crippen molar-refractivity contribution in [3.05, 3.63) is 69.4 Å². The Kier molecular flexibility index (Phi) is 7.04. The van der Waals surface area contributed by atoms with E-state index in [1.165, 1.54) is 4.68 Å². The van der Waals surface area contributed by atoms with E-state index in [2.05, 4.69) is 10.5 Å². The van der Waals surface area contributed by atoms with Gasteiger partial charge in [-0.2, -0.15) is 5.10 Å². The molecule has 1 aromatic heterocycles. The van der Waals surface area contributed by atoms with Crippen LogP contribution in [0.25, 0.3) is 10.8 Å². The zero-order chi connectivity index (χ0) is 22.6. The molecule has 164 valence electrons. The molecule has 0 atom stereocenters. The number of fused-ring (bicyclic) bond motifs is 1. The predicted octanol–water partition coefficient (Wildman–Crippen LogP) is 3.00. The van der Waals surface area contributed by atoms with E-state index in [0.717, 1.165) is 31.0 Å². The minimum atomic E-state index is -4.22. The van der Waals surface area contributed by atoms with E-state index in [4.69, 9.17) is 11.6 Å². The standard InChI is InChI=1S/C20H20ClFN4O4S/c1-2-3-6-11-26-20(28)15-8-5-4-7-14(15)18(24-26)19(27)23-25-31(29,30)13-9-10-17(22)16(21)12-13/h4-5,7-10,12,25H,2-3,6,11H2,1H3,(H,23,27). The third kappa shape index (κ3) is 5.09. The van der Waals surface area contributed by atoms with Gasteiger partial charge in [0.1, 0.15) is 5.82 Å². The van der Waals surface area contributed by atoms with Gasteiger partial charge < -0.3 is 0 Å². The topological polar surface area (TPSA) is 110 Å². The number of aromatic nitrogens is 2. The van der Waals surface area contributed by atoms with E-state index in [1.807, 2.05) is 11.8 Å². The fraction of sp³-hybridized carbons (Fsp3) is 0.250. The maximum Gasteiger partial charge on any atom is 0.287 e. The Morgan fingerprint density at radius 2 is 1.87 bits per heavy atom. The number of rotatable bonds is 8. The van der Waals surface area contributed by atoms with Crippen LogP contribution in [0.3, 0.4) is 0 Å². The zero-order valence-corrected chi connectivity index (χ0v) is 18.1. The highest BCUT2D eigenvalue weighted by Crippen LogP contribution is 2.19. The van der Waals surface area contributed by atoms with E-state index >= 15 is 0 Å². The number of sulfonamides is 1. The Bertz CT molecular complexity index is 1290. The van der Waals surface area contributed by atoms with Gasteiger partial charge in [-0.25, -0.2) is 17.5 Å². The van der Waals surface area contributed by atoms with E-state index in [-0.39, 0.29) is 21.2 Å². The van der Waals surface area contributed by atoms with Gasteiger partial charge in [-0.1, -0.05) is 49.6 Å². The molecule has 2 aromatic carbocycles. The second-order valence-corrected chi connectivity index (χ2v) is 8.85. The molecule has 0 unspecified atom stereocenters. The fourth-order valence-corrected chi connectivity index (χ4v) is 4.05. The van der Waals surface area contributed by atoms with Gasteiger partial charge in [-0.05, 0) is 30.7 Å². The second-order valence-electron chi connectivity index (χ2n) is 6.77. The number of aryl methyl sites for hydroxylation is 1. The van der Waals surface area contributed by atoms with Crippen LogP contribution in [0.15, 0.2) is 52.2 Å². The zero-order valence-electron chi connectivity index (χ0n) is 16.6. The molecule has 0 saturated heterocycles. The maximum absolute atomic E-state index is 13.3. The van der Waals surface area contributed by atoms with E-state index in [9.17, 15) is 22.4 Å². The number of nitrogens with one attached hydrogen (secondary N) is 2. The van der Waals surface area contributed by atoms with Crippen LogP contribution < -0.4 is 15.8 Å². The molecule has 2 N–H and O–H groups in total. The lowest BCUT2D eigenvalue weighted by atomic mass is 10.1. The Morgan fingerprint density at radius 3 is 2.55 bits per heavy atom. The Balaban J connectivity index is 1.90. The first-order chi connectivity index (χ1) is 14.7. The van der Waals surface area contributed by atoms with Crippen molar-refractivity contribution in [3.8, 4) is 0 Å². The summed E-state index contributed by atoms with van der Waals surface area (Å²) in [6.45, 7) is 2.35. The highest BCUT2D eigenvalue weighted by molar-refractivity contribution is 7.89. The highest BCUT2D eigenvalue weighted by atomic mass is 35.5. The molecule has 1 amide bonds. The number of hydrogen-bond acceptors (Lipinski definition) is 5. The second kappa shape index (κ2) is 9.54. The number of benzene rings is 2. The molecular weight excluding hydrogens is 447 g/mol. The van der Waals surface area contributed by atoms with Crippen molar-refractivity contribution in [2.75, 3.05) is 0 Å². The molecule has 3 aromatic rings. The highest BCUT2D eigenvalue weighted by Gasteiger charge is 2.20. The molecule has 0 aliphatic rings. The number of amides is 1. The van der Waals surface area contributed by atoms with Gasteiger partial charge >= 0.3 is 0 Å². The molecule has 3 rings (SSSR count). The number of carbonyl (C=O) groups excluding carboxylic acids is 1. The average molecular weight is 467 g/mol. The number of nitrogens with zero attached hydrogens (tertiary/aromatic N) is 2. The fourth-order valence-electron chi connectivity index (χ4n) is 2.94. The van der Waals surface area contributed by atoms with Crippen molar-refractivity contribution >= 4 is 38.3 Å². The quantitative estimate of drug-likeness (QED) is 0.391. The van der Waals surface area contributed by atoms with Gasteiger partial charge in [0.15, 0.2) is 5.69 Å². The minimum absolute atomic E-state index is 0.105. The number of halogens is 2. The molecule has 0 radical (unpaired) electrons. The maximum atomic E-state index is 13.3. The monoisotopic (exact) mass is 466 g/mol. The number of unbranched alkanes of at least 4 members (excludes halogenated alkanes) is 2. The third-order valence-corrected chi connectivity index (χ3v) is 6.09. The average Bonchev–Trinajstić information content (AvgIpc) is 2.75. The van der Waals surface area contributed by atoms with Crippen LogP contribution in [0.5, 0.6) is 0 Å². The minimum Gasteiger partial charge on any atom is -0.272 e. The van der Waals surface area contributed by atoms with Crippen LogP contribution in [-0.4, -0.2) is 24.1 Å². The van der Waals surface area contributed by atoms with Crippen molar-refractivity contribution in [1.82, 2.24) is 20.0 Å². The van der Waals surface area contributed by atoms with Crippen LogP contribution in [0.1, 0.15) is 36.7 Å². The van der Waals surface area contributed by atoms with Gasteiger partial charge in [-0.3, -0.25) is 15.0 Å². The summed E-state index contributed by atoms with van der Waals surface area (Å²) in [5, 5.41) is 4.37. The summed E-state index contributed by atoms with van der Waals surface area (Å²) in [6, 6.07) is 9.29. The summed E-state index contributed by atoms with van der Waals surface area (Å²) >= 11 is 5.63. The van der Waals surface area contributed by atoms with Crippen LogP contribution >= 0.6 is 11.6 Å². The number of carbonyl (C=O) groups is 1. The summed E-state index contributed by atoms with van der Waals surface area (Å²) in [6.07, 6.45) is 2.55. The summed E-state index contributed by atoms with van der Waals surface area (Å²) in [7, 11) is -4.22. The van der Waals surface area contributed by atoms with Crippen LogP contribution in [-0.2, 0) is 16.6 Å². The van der Waals surface area contributed by atoms with Gasteiger partial charge in [0.25, 0.3) is 21.5 Å². The molecule has 1 heterocycles. The Hall–Kier alpha value is -2.82. The first-order valence-corrected chi connectivity index (χ1v) is 11.4. The van der Waals surface area contributed by atoms with Crippen LogP contribution in [0.2, 0.25) is 5.02 Å². The first kappa shape index (κ1) is 22.9. The molecule has 0 aliphatic heterocycles. The lowest BCUT2D eigenvalue weighted by molar-refractivity contribution is 0.0939. The van der Waals surface area contributed by atoms with Crippen molar-refractivity contribution in [1.29, 1.82) is 0 Å². The lowest BCUT2D eigenvalue weighted by Gasteiger charge is -2.12. The summed E-state index contributed by atoms with van der Waals surface area (Å²) < 4.78 is 39.3. The Morgan fingerprint density at radius 1 is 1.16 bits per heavy atom. The molecule has 0 aliphatic carbocycles. The number of hydrogen-bond donors (Lipinski definition) is 2. The van der Waals surface area contributed by atoms with Crippen LogP contribution in [0, 0.1) is 5.82 Å². The normalized spacial score (nSPS) is 11.6. The molecule has 11 heteroatoms. The summed E-state index contributed by atoms with van der Waals surface area (Å²) in [5.74, 6) is -1.62. The van der Waals surface area contributed by atoms with E-state index < -0.39 is 21.7 Å². The van der Waals surface area contributed by atoms with Gasteiger partial charge in [0.05, 0.1) is 15.3 Å². The van der Waals surface area contributed by atoms with E-state index in [1.54, 1.807) is 24.3 Å². The first-order valence-electron chi connectivity index (χ1n) is 9.51. The molecule has 0 spiro atoms. The lowest BCUT2D eigenvalue weighted by Crippen LogP contribution is -2.42.